The molecular weight excluding hydrogens is 214 g/mol. The van der Waals surface area contributed by atoms with Crippen LogP contribution in [-0.2, 0) is 4.74 Å². The van der Waals surface area contributed by atoms with Crippen molar-refractivity contribution in [1.29, 1.82) is 0 Å². The molecule has 100 valence electrons. The maximum atomic E-state index is 5.35. The molecule has 0 aliphatic carbocycles. The number of nitrogens with zero attached hydrogens (tertiary/aromatic N) is 2. The lowest BCUT2D eigenvalue weighted by Crippen LogP contribution is -2.42. The molecule has 0 atom stereocenters. The zero-order valence-corrected chi connectivity index (χ0v) is 11.2. The summed E-state index contributed by atoms with van der Waals surface area (Å²) in [7, 11) is 2.22. The lowest BCUT2D eigenvalue weighted by Gasteiger charge is -2.30. The minimum absolute atomic E-state index is 0.760. The van der Waals surface area contributed by atoms with E-state index in [1.54, 1.807) is 0 Å². The smallest absolute Gasteiger partial charge is 0.0594 e. The molecule has 2 aliphatic heterocycles. The molecule has 0 saturated carbocycles. The molecule has 4 nitrogen and oxygen atoms in total. The van der Waals surface area contributed by atoms with E-state index in [-0.39, 0.29) is 0 Å². The van der Waals surface area contributed by atoms with E-state index in [1.807, 2.05) is 0 Å². The van der Waals surface area contributed by atoms with E-state index < -0.39 is 0 Å². The number of ether oxygens (including phenoxy) is 1. The van der Waals surface area contributed by atoms with Crippen molar-refractivity contribution in [2.24, 2.45) is 0 Å². The molecule has 0 amide bonds. The van der Waals surface area contributed by atoms with Crippen molar-refractivity contribution in [3.63, 3.8) is 0 Å². The molecule has 2 rings (SSSR count). The molecule has 0 aromatic carbocycles. The van der Waals surface area contributed by atoms with Crippen molar-refractivity contribution >= 4 is 0 Å². The highest BCUT2D eigenvalue weighted by Gasteiger charge is 2.15. The van der Waals surface area contributed by atoms with Gasteiger partial charge in [-0.15, -0.1) is 0 Å². The van der Waals surface area contributed by atoms with E-state index >= 15 is 0 Å². The van der Waals surface area contributed by atoms with Crippen LogP contribution in [0.2, 0.25) is 0 Å². The monoisotopic (exact) mass is 241 g/mol. The quantitative estimate of drug-likeness (QED) is 0.705. The van der Waals surface area contributed by atoms with Crippen molar-refractivity contribution in [3.8, 4) is 0 Å². The Kier molecular flexibility index (Phi) is 5.71. The SMILES string of the molecule is CN1CCC(NCCCN2CCOCC2)CC1. The summed E-state index contributed by atoms with van der Waals surface area (Å²) in [6, 6.07) is 0.760. The molecule has 4 heteroatoms. The van der Waals surface area contributed by atoms with Gasteiger partial charge in [0.1, 0.15) is 0 Å². The highest BCUT2D eigenvalue weighted by atomic mass is 16.5. The second kappa shape index (κ2) is 7.31. The van der Waals surface area contributed by atoms with E-state index in [0.717, 1.165) is 32.3 Å². The van der Waals surface area contributed by atoms with Crippen molar-refractivity contribution in [2.45, 2.75) is 25.3 Å². The Balaban J connectivity index is 1.48. The number of nitrogens with one attached hydrogen (secondary N) is 1. The van der Waals surface area contributed by atoms with Gasteiger partial charge in [-0.1, -0.05) is 0 Å². The minimum Gasteiger partial charge on any atom is -0.379 e. The first-order chi connectivity index (χ1) is 8.34. The molecule has 2 heterocycles. The largest absolute Gasteiger partial charge is 0.379 e. The fourth-order valence-corrected chi connectivity index (χ4v) is 2.65. The van der Waals surface area contributed by atoms with Crippen molar-refractivity contribution in [3.05, 3.63) is 0 Å². The second-order valence-corrected chi connectivity index (χ2v) is 5.34. The standard InChI is InChI=1S/C13H27N3O/c1-15-7-3-13(4-8-15)14-5-2-6-16-9-11-17-12-10-16/h13-14H,2-12H2,1H3. The normalized spacial score (nSPS) is 25.2. The molecule has 0 aromatic heterocycles. The third kappa shape index (κ3) is 4.92. The summed E-state index contributed by atoms with van der Waals surface area (Å²) in [4.78, 5) is 4.94. The van der Waals surface area contributed by atoms with E-state index in [0.29, 0.717) is 0 Å². The Bertz CT molecular complexity index is 199. The zero-order valence-electron chi connectivity index (χ0n) is 11.2. The van der Waals surface area contributed by atoms with Gasteiger partial charge in [-0.05, 0) is 52.5 Å². The minimum atomic E-state index is 0.760. The highest BCUT2D eigenvalue weighted by molar-refractivity contribution is 4.75. The molecular formula is C13H27N3O. The molecule has 2 fully saturated rings. The van der Waals surface area contributed by atoms with Gasteiger partial charge in [0.2, 0.25) is 0 Å². The van der Waals surface area contributed by atoms with Crippen LogP contribution in [-0.4, -0.2) is 75.4 Å². The number of rotatable bonds is 5. The topological polar surface area (TPSA) is 27.7 Å². The summed E-state index contributed by atoms with van der Waals surface area (Å²) >= 11 is 0. The van der Waals surface area contributed by atoms with Crippen molar-refractivity contribution in [2.75, 3.05) is 59.5 Å². The van der Waals surface area contributed by atoms with Gasteiger partial charge in [-0.2, -0.15) is 0 Å². The van der Waals surface area contributed by atoms with Gasteiger partial charge in [-0.3, -0.25) is 4.90 Å². The van der Waals surface area contributed by atoms with Gasteiger partial charge >= 0.3 is 0 Å². The van der Waals surface area contributed by atoms with E-state index in [4.69, 9.17) is 4.74 Å². The van der Waals surface area contributed by atoms with E-state index in [2.05, 4.69) is 22.2 Å². The summed E-state index contributed by atoms with van der Waals surface area (Å²) in [5, 5.41) is 3.70. The number of morpholine rings is 1. The Hall–Kier alpha value is -0.160. The molecule has 1 N–H and O–H groups in total. The number of piperidine rings is 1. The van der Waals surface area contributed by atoms with Crippen molar-refractivity contribution < 1.29 is 4.74 Å². The van der Waals surface area contributed by atoms with Gasteiger partial charge in [0, 0.05) is 19.1 Å². The average Bonchev–Trinajstić information content (AvgIpc) is 2.38. The molecule has 0 aromatic rings. The Morgan fingerprint density at radius 2 is 1.82 bits per heavy atom. The molecule has 0 bridgehead atoms. The fourth-order valence-electron chi connectivity index (χ4n) is 2.65. The van der Waals surface area contributed by atoms with Gasteiger partial charge in [-0.25, -0.2) is 0 Å². The predicted octanol–water partition coefficient (Wildman–Crippen LogP) is 0.393. The molecule has 17 heavy (non-hydrogen) atoms. The van der Waals surface area contributed by atoms with Gasteiger partial charge in [0.15, 0.2) is 0 Å². The molecule has 0 spiro atoms. The van der Waals surface area contributed by atoms with Crippen LogP contribution >= 0.6 is 0 Å². The van der Waals surface area contributed by atoms with Crippen LogP contribution in [0.4, 0.5) is 0 Å². The van der Waals surface area contributed by atoms with Gasteiger partial charge in [0.05, 0.1) is 13.2 Å². The summed E-state index contributed by atoms with van der Waals surface area (Å²) in [6.07, 6.45) is 3.90. The Morgan fingerprint density at radius 3 is 2.53 bits per heavy atom. The highest BCUT2D eigenvalue weighted by Crippen LogP contribution is 2.08. The first kappa shape index (κ1) is 13.3. The summed E-state index contributed by atoms with van der Waals surface area (Å²) in [6.45, 7) is 8.98. The van der Waals surface area contributed by atoms with E-state index in [9.17, 15) is 0 Å². The van der Waals surface area contributed by atoms with Crippen LogP contribution < -0.4 is 5.32 Å². The lowest BCUT2D eigenvalue weighted by molar-refractivity contribution is 0.0373. The number of hydrogen-bond donors (Lipinski definition) is 1. The van der Waals surface area contributed by atoms with Crippen LogP contribution in [0, 0.1) is 0 Å². The van der Waals surface area contributed by atoms with Crippen LogP contribution in [0.25, 0.3) is 0 Å². The Morgan fingerprint density at radius 1 is 1.12 bits per heavy atom. The summed E-state index contributed by atoms with van der Waals surface area (Å²) < 4.78 is 5.35. The van der Waals surface area contributed by atoms with Crippen LogP contribution in [0.15, 0.2) is 0 Å². The fraction of sp³-hybridized carbons (Fsp3) is 1.00. The Labute approximate surface area is 105 Å². The van der Waals surface area contributed by atoms with Gasteiger partial charge in [0.25, 0.3) is 0 Å². The first-order valence-electron chi connectivity index (χ1n) is 7.06. The zero-order chi connectivity index (χ0) is 11.9. The number of hydrogen-bond acceptors (Lipinski definition) is 4. The van der Waals surface area contributed by atoms with Crippen molar-refractivity contribution in [1.82, 2.24) is 15.1 Å². The second-order valence-electron chi connectivity index (χ2n) is 5.34. The van der Waals surface area contributed by atoms with E-state index in [1.165, 1.54) is 45.4 Å². The maximum absolute atomic E-state index is 5.35. The summed E-state index contributed by atoms with van der Waals surface area (Å²) in [5.74, 6) is 0. The predicted molar refractivity (Wildman–Crippen MR) is 70.4 cm³/mol. The third-order valence-electron chi connectivity index (χ3n) is 3.91. The maximum Gasteiger partial charge on any atom is 0.0594 e. The summed E-state index contributed by atoms with van der Waals surface area (Å²) in [5.41, 5.74) is 0. The molecule has 0 radical (unpaired) electrons. The molecule has 2 aliphatic rings. The van der Waals surface area contributed by atoms with Crippen LogP contribution in [0.5, 0.6) is 0 Å². The van der Waals surface area contributed by atoms with Crippen LogP contribution in [0.1, 0.15) is 19.3 Å². The van der Waals surface area contributed by atoms with Gasteiger partial charge < -0.3 is 15.0 Å². The number of likely N-dealkylation sites (tertiary alicyclic amines) is 1. The molecule has 2 saturated heterocycles. The third-order valence-corrected chi connectivity index (χ3v) is 3.91. The van der Waals surface area contributed by atoms with Crippen LogP contribution in [0.3, 0.4) is 0 Å². The first-order valence-corrected chi connectivity index (χ1v) is 7.06. The average molecular weight is 241 g/mol. The molecule has 0 unspecified atom stereocenters. The lowest BCUT2D eigenvalue weighted by atomic mass is 10.1.